The van der Waals surface area contributed by atoms with Crippen molar-refractivity contribution < 1.29 is 4.79 Å². The third-order valence-corrected chi connectivity index (χ3v) is 3.46. The number of amides is 1. The van der Waals surface area contributed by atoms with Gasteiger partial charge < -0.3 is 9.88 Å². The summed E-state index contributed by atoms with van der Waals surface area (Å²) in [4.78, 5) is 21.5. The Morgan fingerprint density at radius 2 is 2.22 bits per heavy atom. The number of aryl methyl sites for hydroxylation is 1. The summed E-state index contributed by atoms with van der Waals surface area (Å²) in [6.45, 7) is 3.94. The van der Waals surface area contributed by atoms with Crippen molar-refractivity contribution in [3.8, 4) is 0 Å². The molecule has 1 aromatic heterocycles. The van der Waals surface area contributed by atoms with Crippen LogP contribution in [0.2, 0.25) is 0 Å². The number of anilines is 1. The molecule has 1 N–H and O–H groups in total. The van der Waals surface area contributed by atoms with E-state index in [4.69, 9.17) is 0 Å². The van der Waals surface area contributed by atoms with Crippen molar-refractivity contribution in [2.24, 2.45) is 0 Å². The van der Waals surface area contributed by atoms with Crippen molar-refractivity contribution in [2.45, 2.75) is 26.3 Å². The molecule has 4 nitrogen and oxygen atoms in total. The van der Waals surface area contributed by atoms with Gasteiger partial charge in [0.1, 0.15) is 5.69 Å². The fourth-order valence-electron chi connectivity index (χ4n) is 2.56. The first-order valence-electron chi connectivity index (χ1n) is 6.10. The van der Waals surface area contributed by atoms with Crippen molar-refractivity contribution in [3.63, 3.8) is 0 Å². The molecule has 1 aliphatic rings. The number of benzene rings is 1. The lowest BCUT2D eigenvalue weighted by molar-refractivity contribution is 0.0976. The van der Waals surface area contributed by atoms with Crippen LogP contribution in [-0.2, 0) is 6.42 Å². The van der Waals surface area contributed by atoms with E-state index in [1.54, 1.807) is 6.33 Å². The van der Waals surface area contributed by atoms with Gasteiger partial charge in [0.15, 0.2) is 0 Å². The Hall–Kier alpha value is -2.10. The van der Waals surface area contributed by atoms with Gasteiger partial charge >= 0.3 is 0 Å². The maximum Gasteiger partial charge on any atom is 0.278 e. The van der Waals surface area contributed by atoms with Crippen molar-refractivity contribution in [3.05, 3.63) is 47.5 Å². The number of carbonyl (C=O) groups is 1. The van der Waals surface area contributed by atoms with E-state index >= 15 is 0 Å². The number of rotatable bonds is 1. The summed E-state index contributed by atoms with van der Waals surface area (Å²) >= 11 is 0. The zero-order chi connectivity index (χ0) is 12.7. The molecular formula is C14H15N3O. The number of hydrogen-bond acceptors (Lipinski definition) is 2. The number of aromatic amines is 1. The molecule has 0 bridgehead atoms. The van der Waals surface area contributed by atoms with Gasteiger partial charge in [-0.3, -0.25) is 4.79 Å². The molecule has 2 aromatic rings. The average molecular weight is 241 g/mol. The van der Waals surface area contributed by atoms with E-state index in [9.17, 15) is 4.79 Å². The SMILES string of the molecule is Cc1[nH]cnc1C(=O)N1c2ccccc2CC1C. The van der Waals surface area contributed by atoms with Crippen LogP contribution in [0, 0.1) is 6.92 Å². The van der Waals surface area contributed by atoms with E-state index in [2.05, 4.69) is 23.0 Å². The van der Waals surface area contributed by atoms with E-state index in [-0.39, 0.29) is 11.9 Å². The van der Waals surface area contributed by atoms with E-state index in [1.807, 2.05) is 30.0 Å². The number of H-pyrrole nitrogens is 1. The highest BCUT2D eigenvalue weighted by molar-refractivity contribution is 6.07. The molecule has 1 atom stereocenters. The highest BCUT2D eigenvalue weighted by Crippen LogP contribution is 2.32. The molecule has 4 heteroatoms. The molecule has 0 aliphatic carbocycles. The monoisotopic (exact) mass is 241 g/mol. The highest BCUT2D eigenvalue weighted by atomic mass is 16.2. The maximum absolute atomic E-state index is 12.5. The number of imidazole rings is 1. The topological polar surface area (TPSA) is 49.0 Å². The summed E-state index contributed by atoms with van der Waals surface area (Å²) in [5, 5.41) is 0. The predicted octanol–water partition coefficient (Wildman–Crippen LogP) is 2.31. The van der Waals surface area contributed by atoms with Crippen LogP contribution < -0.4 is 4.90 Å². The van der Waals surface area contributed by atoms with Crippen LogP contribution in [0.3, 0.4) is 0 Å². The van der Waals surface area contributed by atoms with Crippen molar-refractivity contribution in [2.75, 3.05) is 4.90 Å². The van der Waals surface area contributed by atoms with Gasteiger partial charge in [-0.2, -0.15) is 0 Å². The number of nitrogens with one attached hydrogen (secondary N) is 1. The van der Waals surface area contributed by atoms with Gasteiger partial charge in [0.2, 0.25) is 0 Å². The number of aromatic nitrogens is 2. The number of para-hydroxylation sites is 1. The molecule has 1 amide bonds. The second kappa shape index (κ2) is 3.98. The molecule has 0 saturated heterocycles. The van der Waals surface area contributed by atoms with Crippen molar-refractivity contribution in [1.29, 1.82) is 0 Å². The molecule has 2 heterocycles. The van der Waals surface area contributed by atoms with E-state index in [0.717, 1.165) is 17.8 Å². The van der Waals surface area contributed by atoms with Gasteiger partial charge in [0.25, 0.3) is 5.91 Å². The third kappa shape index (κ3) is 1.53. The Morgan fingerprint density at radius 3 is 2.94 bits per heavy atom. The average Bonchev–Trinajstić information content (AvgIpc) is 2.91. The van der Waals surface area contributed by atoms with Crippen LogP contribution in [0.25, 0.3) is 0 Å². The Labute approximate surface area is 106 Å². The third-order valence-electron chi connectivity index (χ3n) is 3.46. The molecule has 0 spiro atoms. The van der Waals surface area contributed by atoms with Crippen LogP contribution in [-0.4, -0.2) is 21.9 Å². The van der Waals surface area contributed by atoms with Crippen molar-refractivity contribution >= 4 is 11.6 Å². The van der Waals surface area contributed by atoms with Gasteiger partial charge in [-0.15, -0.1) is 0 Å². The molecule has 0 radical (unpaired) electrons. The van der Waals surface area contributed by atoms with Crippen LogP contribution >= 0.6 is 0 Å². The zero-order valence-corrected chi connectivity index (χ0v) is 10.5. The Bertz CT molecular complexity index is 603. The first kappa shape index (κ1) is 11.0. The van der Waals surface area contributed by atoms with Crippen LogP contribution in [0.4, 0.5) is 5.69 Å². The minimum absolute atomic E-state index is 0.0220. The molecule has 1 aliphatic heterocycles. The molecule has 92 valence electrons. The lowest BCUT2D eigenvalue weighted by Crippen LogP contribution is -2.36. The number of carbonyl (C=O) groups excluding carboxylic acids is 1. The minimum Gasteiger partial charge on any atom is -0.348 e. The number of fused-ring (bicyclic) bond motifs is 1. The van der Waals surface area contributed by atoms with Crippen LogP contribution in [0.1, 0.15) is 28.7 Å². The van der Waals surface area contributed by atoms with Gasteiger partial charge in [0, 0.05) is 17.4 Å². The van der Waals surface area contributed by atoms with Crippen LogP contribution in [0.15, 0.2) is 30.6 Å². The summed E-state index contributed by atoms with van der Waals surface area (Å²) in [6, 6.07) is 8.24. The van der Waals surface area contributed by atoms with E-state index in [1.165, 1.54) is 5.56 Å². The Morgan fingerprint density at radius 1 is 1.44 bits per heavy atom. The second-order valence-electron chi connectivity index (χ2n) is 4.73. The van der Waals surface area contributed by atoms with Gasteiger partial charge in [-0.05, 0) is 31.9 Å². The highest BCUT2D eigenvalue weighted by Gasteiger charge is 2.32. The fourth-order valence-corrected chi connectivity index (χ4v) is 2.56. The molecule has 0 saturated carbocycles. The fraction of sp³-hybridized carbons (Fsp3) is 0.286. The molecule has 18 heavy (non-hydrogen) atoms. The Kier molecular flexibility index (Phi) is 2.44. The molecule has 1 aromatic carbocycles. The minimum atomic E-state index is -0.0220. The largest absolute Gasteiger partial charge is 0.348 e. The predicted molar refractivity (Wildman–Crippen MR) is 69.7 cm³/mol. The van der Waals surface area contributed by atoms with E-state index < -0.39 is 0 Å². The van der Waals surface area contributed by atoms with E-state index in [0.29, 0.717) is 5.69 Å². The molecule has 0 fully saturated rings. The smallest absolute Gasteiger partial charge is 0.278 e. The lowest BCUT2D eigenvalue weighted by atomic mass is 10.1. The van der Waals surface area contributed by atoms with Crippen molar-refractivity contribution in [1.82, 2.24) is 9.97 Å². The molecule has 1 unspecified atom stereocenters. The summed E-state index contributed by atoms with van der Waals surface area (Å²) in [5.74, 6) is -0.0220. The summed E-state index contributed by atoms with van der Waals surface area (Å²) in [6.07, 6.45) is 2.47. The summed E-state index contributed by atoms with van der Waals surface area (Å²) in [5.41, 5.74) is 3.57. The first-order chi connectivity index (χ1) is 8.68. The molecular weight excluding hydrogens is 226 g/mol. The Balaban J connectivity index is 2.03. The van der Waals surface area contributed by atoms with Gasteiger partial charge in [-0.1, -0.05) is 18.2 Å². The maximum atomic E-state index is 12.5. The van der Waals surface area contributed by atoms with Crippen LogP contribution in [0.5, 0.6) is 0 Å². The quantitative estimate of drug-likeness (QED) is 0.832. The summed E-state index contributed by atoms with van der Waals surface area (Å²) < 4.78 is 0. The van der Waals surface area contributed by atoms with Gasteiger partial charge in [0.05, 0.1) is 6.33 Å². The molecule has 3 rings (SSSR count). The standard InChI is InChI=1S/C14H15N3O/c1-9-7-11-5-3-4-6-12(11)17(9)14(18)13-10(2)15-8-16-13/h3-6,8-9H,7H2,1-2H3,(H,15,16). The zero-order valence-electron chi connectivity index (χ0n) is 10.5. The number of nitrogens with zero attached hydrogens (tertiary/aromatic N) is 2. The normalized spacial score (nSPS) is 17.9. The first-order valence-corrected chi connectivity index (χ1v) is 6.10. The summed E-state index contributed by atoms with van der Waals surface area (Å²) in [7, 11) is 0. The number of hydrogen-bond donors (Lipinski definition) is 1. The van der Waals surface area contributed by atoms with Gasteiger partial charge in [-0.25, -0.2) is 4.98 Å². The lowest BCUT2D eigenvalue weighted by Gasteiger charge is -2.22. The second-order valence-corrected chi connectivity index (χ2v) is 4.73.